The highest BCUT2D eigenvalue weighted by Gasteiger charge is 2.05. The predicted octanol–water partition coefficient (Wildman–Crippen LogP) is 1.93. The number of aromatic nitrogens is 4. The molecule has 0 aliphatic heterocycles. The molecule has 0 spiro atoms. The molecule has 0 amide bonds. The average Bonchev–Trinajstić information content (AvgIpc) is 2.13. The first-order valence-corrected chi connectivity index (χ1v) is 5.96. The van der Waals surface area contributed by atoms with Crippen LogP contribution in [0.5, 0.6) is 0 Å². The number of anilines is 1. The lowest BCUT2D eigenvalue weighted by atomic mass is 10.4. The van der Waals surface area contributed by atoms with Gasteiger partial charge in [-0.25, -0.2) is 19.9 Å². The van der Waals surface area contributed by atoms with Gasteiger partial charge in [-0.2, -0.15) is 0 Å². The molecule has 0 aliphatic rings. The standard InChI is InChI=1S/C11H13N5S/c1-6-4-7(2)14-11(13-6)17-10-5-9(12)15-8(3)16-10/h4-5H,1-3H3,(H2,12,15,16). The third kappa shape index (κ3) is 3.13. The van der Waals surface area contributed by atoms with E-state index in [-0.39, 0.29) is 0 Å². The first kappa shape index (κ1) is 11.8. The van der Waals surface area contributed by atoms with Crippen molar-refractivity contribution in [1.82, 2.24) is 19.9 Å². The molecule has 0 aliphatic carbocycles. The molecule has 0 bridgehead atoms. The molecule has 0 unspecified atom stereocenters. The second-order valence-corrected chi connectivity index (χ2v) is 4.70. The normalized spacial score (nSPS) is 10.5. The molecule has 2 aromatic heterocycles. The van der Waals surface area contributed by atoms with Crippen LogP contribution in [0.25, 0.3) is 0 Å². The fraction of sp³-hybridized carbons (Fsp3) is 0.273. The van der Waals surface area contributed by atoms with Gasteiger partial charge in [-0.1, -0.05) is 0 Å². The van der Waals surface area contributed by atoms with Crippen molar-refractivity contribution < 1.29 is 0 Å². The minimum Gasteiger partial charge on any atom is -0.384 e. The summed E-state index contributed by atoms with van der Waals surface area (Å²) in [5.41, 5.74) is 7.55. The summed E-state index contributed by atoms with van der Waals surface area (Å²) in [7, 11) is 0. The quantitative estimate of drug-likeness (QED) is 0.645. The predicted molar refractivity (Wildman–Crippen MR) is 66.8 cm³/mol. The van der Waals surface area contributed by atoms with Crippen LogP contribution in [-0.2, 0) is 0 Å². The van der Waals surface area contributed by atoms with E-state index in [1.807, 2.05) is 26.8 Å². The minimum atomic E-state index is 0.462. The van der Waals surface area contributed by atoms with Crippen molar-refractivity contribution in [3.8, 4) is 0 Å². The molecule has 0 atom stereocenters. The summed E-state index contributed by atoms with van der Waals surface area (Å²) >= 11 is 1.39. The van der Waals surface area contributed by atoms with Gasteiger partial charge in [-0.05, 0) is 38.6 Å². The Hall–Kier alpha value is -1.69. The average molecular weight is 247 g/mol. The first-order valence-electron chi connectivity index (χ1n) is 5.14. The lowest BCUT2D eigenvalue weighted by Crippen LogP contribution is -1.98. The van der Waals surface area contributed by atoms with Gasteiger partial charge in [0, 0.05) is 17.5 Å². The van der Waals surface area contributed by atoms with Gasteiger partial charge in [-0.3, -0.25) is 0 Å². The molecular formula is C11H13N5S. The molecular weight excluding hydrogens is 234 g/mol. The van der Waals surface area contributed by atoms with E-state index in [1.165, 1.54) is 11.8 Å². The molecule has 0 aromatic carbocycles. The van der Waals surface area contributed by atoms with E-state index in [2.05, 4.69) is 19.9 Å². The smallest absolute Gasteiger partial charge is 0.194 e. The molecule has 0 saturated heterocycles. The monoisotopic (exact) mass is 247 g/mol. The minimum absolute atomic E-state index is 0.462. The maximum Gasteiger partial charge on any atom is 0.194 e. The summed E-state index contributed by atoms with van der Waals surface area (Å²) in [5, 5.41) is 1.44. The van der Waals surface area contributed by atoms with Crippen LogP contribution in [0.2, 0.25) is 0 Å². The number of hydrogen-bond acceptors (Lipinski definition) is 6. The fourth-order valence-electron chi connectivity index (χ4n) is 1.45. The van der Waals surface area contributed by atoms with Crippen molar-refractivity contribution in [3.63, 3.8) is 0 Å². The lowest BCUT2D eigenvalue weighted by Gasteiger charge is -2.03. The number of nitrogen functional groups attached to an aromatic ring is 1. The number of rotatable bonds is 2. The Bertz CT molecular complexity index is 466. The maximum atomic E-state index is 5.67. The highest BCUT2D eigenvalue weighted by molar-refractivity contribution is 7.99. The maximum absolute atomic E-state index is 5.67. The molecule has 2 N–H and O–H groups in total. The van der Waals surface area contributed by atoms with Crippen LogP contribution in [0, 0.1) is 20.8 Å². The van der Waals surface area contributed by atoms with Gasteiger partial charge in [-0.15, -0.1) is 0 Å². The molecule has 6 heteroatoms. The third-order valence-electron chi connectivity index (χ3n) is 1.99. The van der Waals surface area contributed by atoms with Gasteiger partial charge >= 0.3 is 0 Å². The van der Waals surface area contributed by atoms with E-state index in [9.17, 15) is 0 Å². The van der Waals surface area contributed by atoms with Crippen LogP contribution in [0.3, 0.4) is 0 Å². The molecule has 0 fully saturated rings. The van der Waals surface area contributed by atoms with Crippen molar-refractivity contribution in [2.75, 3.05) is 5.73 Å². The van der Waals surface area contributed by atoms with E-state index in [1.54, 1.807) is 6.07 Å². The summed E-state index contributed by atoms with van der Waals surface area (Å²) in [6.45, 7) is 5.69. The highest BCUT2D eigenvalue weighted by Crippen LogP contribution is 2.24. The zero-order valence-corrected chi connectivity index (χ0v) is 10.7. The molecule has 5 nitrogen and oxygen atoms in total. The van der Waals surface area contributed by atoms with Crippen LogP contribution in [0.4, 0.5) is 5.82 Å². The Morgan fingerprint density at radius 3 is 2.18 bits per heavy atom. The number of nitrogens with two attached hydrogens (primary N) is 1. The van der Waals surface area contributed by atoms with Gasteiger partial charge in [0.25, 0.3) is 0 Å². The van der Waals surface area contributed by atoms with E-state index in [4.69, 9.17) is 5.73 Å². The zero-order chi connectivity index (χ0) is 12.4. The number of hydrogen-bond donors (Lipinski definition) is 1. The molecule has 17 heavy (non-hydrogen) atoms. The second-order valence-electron chi connectivity index (χ2n) is 3.71. The molecule has 88 valence electrons. The molecule has 0 radical (unpaired) electrons. The Balaban J connectivity index is 2.31. The van der Waals surface area contributed by atoms with Crippen LogP contribution in [0.1, 0.15) is 17.2 Å². The SMILES string of the molecule is Cc1cc(C)nc(Sc2cc(N)nc(C)n2)n1. The van der Waals surface area contributed by atoms with E-state index < -0.39 is 0 Å². The molecule has 2 rings (SSSR count). The largest absolute Gasteiger partial charge is 0.384 e. The van der Waals surface area contributed by atoms with Crippen molar-refractivity contribution in [2.24, 2.45) is 0 Å². The van der Waals surface area contributed by atoms with Crippen LogP contribution >= 0.6 is 11.8 Å². The van der Waals surface area contributed by atoms with E-state index in [0.29, 0.717) is 16.8 Å². The van der Waals surface area contributed by atoms with Gasteiger partial charge in [0.15, 0.2) is 5.16 Å². The van der Waals surface area contributed by atoms with Gasteiger partial charge in [0.05, 0.1) is 0 Å². The van der Waals surface area contributed by atoms with Crippen molar-refractivity contribution in [3.05, 3.63) is 29.3 Å². The summed E-state index contributed by atoms with van der Waals surface area (Å²) in [4.78, 5) is 17.0. The Morgan fingerprint density at radius 2 is 1.59 bits per heavy atom. The fourth-order valence-corrected chi connectivity index (χ4v) is 2.37. The van der Waals surface area contributed by atoms with Crippen LogP contribution < -0.4 is 5.73 Å². The summed E-state index contributed by atoms with van der Waals surface area (Å²) < 4.78 is 0. The first-order chi connectivity index (χ1) is 8.02. The Labute approximate surface area is 104 Å². The number of aryl methyl sites for hydroxylation is 3. The van der Waals surface area contributed by atoms with Crippen molar-refractivity contribution in [2.45, 2.75) is 31.0 Å². The summed E-state index contributed by atoms with van der Waals surface area (Å²) in [6, 6.07) is 3.66. The highest BCUT2D eigenvalue weighted by atomic mass is 32.2. The summed E-state index contributed by atoms with van der Waals surface area (Å²) in [5.74, 6) is 1.11. The zero-order valence-electron chi connectivity index (χ0n) is 9.93. The summed E-state index contributed by atoms with van der Waals surface area (Å²) in [6.07, 6.45) is 0. The van der Waals surface area contributed by atoms with Gasteiger partial charge < -0.3 is 5.73 Å². The molecule has 0 saturated carbocycles. The van der Waals surface area contributed by atoms with E-state index in [0.717, 1.165) is 16.4 Å². The van der Waals surface area contributed by atoms with E-state index >= 15 is 0 Å². The third-order valence-corrected chi connectivity index (χ3v) is 2.78. The Kier molecular flexibility index (Phi) is 3.23. The second kappa shape index (κ2) is 4.67. The topological polar surface area (TPSA) is 77.6 Å². The van der Waals surface area contributed by atoms with Crippen LogP contribution in [0.15, 0.2) is 22.3 Å². The molecule has 2 aromatic rings. The van der Waals surface area contributed by atoms with Gasteiger partial charge in [0.1, 0.15) is 16.7 Å². The molecule has 2 heterocycles. The lowest BCUT2D eigenvalue weighted by molar-refractivity contribution is 0.894. The Morgan fingerprint density at radius 1 is 0.941 bits per heavy atom. The van der Waals surface area contributed by atoms with Crippen molar-refractivity contribution in [1.29, 1.82) is 0 Å². The van der Waals surface area contributed by atoms with Crippen LogP contribution in [-0.4, -0.2) is 19.9 Å². The van der Waals surface area contributed by atoms with Crippen molar-refractivity contribution >= 4 is 17.6 Å². The number of nitrogens with zero attached hydrogens (tertiary/aromatic N) is 4. The van der Waals surface area contributed by atoms with Gasteiger partial charge in [0.2, 0.25) is 0 Å².